The molecule has 8 heteroatoms. The van der Waals surface area contributed by atoms with Crippen LogP contribution in [0.2, 0.25) is 0 Å². The minimum absolute atomic E-state index is 0.873. The third-order valence-electron chi connectivity index (χ3n) is 4.09. The van der Waals surface area contributed by atoms with Crippen molar-refractivity contribution in [2.24, 2.45) is 0 Å². The van der Waals surface area contributed by atoms with Crippen LogP contribution >= 0.6 is 23.1 Å². The highest BCUT2D eigenvalue weighted by Gasteiger charge is 2.16. The van der Waals surface area contributed by atoms with Crippen molar-refractivity contribution in [2.45, 2.75) is 31.8 Å². The Bertz CT molecular complexity index is 795. The zero-order chi connectivity index (χ0) is 16.4. The molecule has 0 aromatic carbocycles. The highest BCUT2D eigenvalue weighted by atomic mass is 32.2. The number of nitrogens with one attached hydrogen (secondary N) is 1. The standard InChI is InChI=1S/C16H20N6S2/c1-23-11-15-19-12(10-24-15)2-5-21-6-4-18-16(21)14-8-13-9-17-3-7-22(13)20-14/h4,6,8,10,17H,2-3,5,7,9,11H2,1H3. The maximum atomic E-state index is 4.71. The lowest BCUT2D eigenvalue weighted by Crippen LogP contribution is -2.28. The summed E-state index contributed by atoms with van der Waals surface area (Å²) in [4.78, 5) is 9.21. The molecule has 4 heterocycles. The lowest BCUT2D eigenvalue weighted by Gasteiger charge is -2.13. The largest absolute Gasteiger partial charge is 0.329 e. The number of nitrogens with zero attached hydrogens (tertiary/aromatic N) is 5. The molecule has 0 radical (unpaired) electrons. The van der Waals surface area contributed by atoms with Crippen LogP contribution in [0.1, 0.15) is 16.4 Å². The second-order valence-corrected chi connectivity index (χ2v) is 7.59. The van der Waals surface area contributed by atoms with Gasteiger partial charge in [-0.1, -0.05) is 0 Å². The topological polar surface area (TPSA) is 60.6 Å². The predicted octanol–water partition coefficient (Wildman–Crippen LogP) is 2.41. The lowest BCUT2D eigenvalue weighted by atomic mass is 10.3. The summed E-state index contributed by atoms with van der Waals surface area (Å²) in [5, 5.41) is 11.5. The molecular weight excluding hydrogens is 340 g/mol. The molecule has 4 rings (SSSR count). The summed E-state index contributed by atoms with van der Waals surface area (Å²) in [7, 11) is 0. The van der Waals surface area contributed by atoms with E-state index in [-0.39, 0.29) is 0 Å². The summed E-state index contributed by atoms with van der Waals surface area (Å²) < 4.78 is 4.26. The molecule has 0 fully saturated rings. The van der Waals surface area contributed by atoms with Crippen molar-refractivity contribution >= 4 is 23.1 Å². The van der Waals surface area contributed by atoms with Crippen molar-refractivity contribution in [1.82, 2.24) is 29.6 Å². The second kappa shape index (κ2) is 7.08. The molecule has 3 aromatic heterocycles. The summed E-state index contributed by atoms with van der Waals surface area (Å²) in [6.07, 6.45) is 6.91. The number of rotatable bonds is 6. The fourth-order valence-corrected chi connectivity index (χ4v) is 4.46. The predicted molar refractivity (Wildman–Crippen MR) is 98.2 cm³/mol. The molecule has 0 unspecified atom stereocenters. The van der Waals surface area contributed by atoms with E-state index in [1.54, 1.807) is 11.3 Å². The average molecular weight is 361 g/mol. The Morgan fingerprint density at radius 2 is 2.38 bits per heavy atom. The zero-order valence-electron chi connectivity index (χ0n) is 13.6. The van der Waals surface area contributed by atoms with Gasteiger partial charge in [-0.15, -0.1) is 11.3 Å². The Morgan fingerprint density at radius 3 is 3.25 bits per heavy atom. The molecule has 1 aliphatic rings. The van der Waals surface area contributed by atoms with E-state index in [1.807, 2.05) is 24.2 Å². The van der Waals surface area contributed by atoms with Gasteiger partial charge in [-0.3, -0.25) is 4.68 Å². The van der Waals surface area contributed by atoms with Crippen LogP contribution in [-0.4, -0.2) is 37.1 Å². The highest BCUT2D eigenvalue weighted by Crippen LogP contribution is 2.20. The Morgan fingerprint density at radius 1 is 1.42 bits per heavy atom. The van der Waals surface area contributed by atoms with Gasteiger partial charge in [-0.25, -0.2) is 9.97 Å². The molecule has 24 heavy (non-hydrogen) atoms. The molecule has 1 N–H and O–H groups in total. The van der Waals surface area contributed by atoms with E-state index in [0.717, 1.165) is 55.6 Å². The van der Waals surface area contributed by atoms with Gasteiger partial charge in [0.2, 0.25) is 0 Å². The van der Waals surface area contributed by atoms with Crippen LogP contribution in [0.25, 0.3) is 11.5 Å². The number of thioether (sulfide) groups is 1. The van der Waals surface area contributed by atoms with E-state index in [9.17, 15) is 0 Å². The molecule has 0 atom stereocenters. The van der Waals surface area contributed by atoms with E-state index in [1.165, 1.54) is 10.7 Å². The van der Waals surface area contributed by atoms with Crippen molar-refractivity contribution in [3.8, 4) is 11.5 Å². The number of fused-ring (bicyclic) bond motifs is 1. The summed E-state index contributed by atoms with van der Waals surface area (Å²) in [6, 6.07) is 2.14. The molecule has 0 saturated heterocycles. The van der Waals surface area contributed by atoms with Gasteiger partial charge in [0.05, 0.1) is 17.9 Å². The van der Waals surface area contributed by atoms with E-state index < -0.39 is 0 Å². The Labute approximate surface area is 149 Å². The zero-order valence-corrected chi connectivity index (χ0v) is 15.2. The molecule has 0 aliphatic carbocycles. The highest BCUT2D eigenvalue weighted by molar-refractivity contribution is 7.97. The molecule has 0 spiro atoms. The number of thiazole rings is 1. The molecule has 126 valence electrons. The van der Waals surface area contributed by atoms with E-state index in [4.69, 9.17) is 10.1 Å². The van der Waals surface area contributed by atoms with Crippen molar-refractivity contribution in [2.75, 3.05) is 12.8 Å². The van der Waals surface area contributed by atoms with Crippen molar-refractivity contribution in [3.05, 3.63) is 40.2 Å². The summed E-state index contributed by atoms with van der Waals surface area (Å²) in [5.41, 5.74) is 3.35. The van der Waals surface area contributed by atoms with Gasteiger partial charge in [-0.2, -0.15) is 16.9 Å². The van der Waals surface area contributed by atoms with Gasteiger partial charge in [0.15, 0.2) is 5.82 Å². The molecule has 3 aromatic rings. The van der Waals surface area contributed by atoms with Gasteiger partial charge in [0.1, 0.15) is 10.7 Å². The fourth-order valence-electron chi connectivity index (χ4n) is 2.91. The first-order chi connectivity index (χ1) is 11.8. The number of aromatic nitrogens is 5. The maximum absolute atomic E-state index is 4.71. The van der Waals surface area contributed by atoms with Crippen LogP contribution in [0, 0.1) is 0 Å². The van der Waals surface area contributed by atoms with Gasteiger partial charge in [0, 0.05) is 49.6 Å². The Kier molecular flexibility index (Phi) is 4.68. The quantitative estimate of drug-likeness (QED) is 0.731. The molecule has 0 bridgehead atoms. The number of hydrogen-bond donors (Lipinski definition) is 1. The maximum Gasteiger partial charge on any atom is 0.160 e. The van der Waals surface area contributed by atoms with E-state index >= 15 is 0 Å². The molecule has 6 nitrogen and oxygen atoms in total. The molecule has 1 aliphatic heterocycles. The van der Waals surface area contributed by atoms with Gasteiger partial charge in [0.25, 0.3) is 0 Å². The molecular formula is C16H20N6S2. The number of hydrogen-bond acceptors (Lipinski definition) is 6. The van der Waals surface area contributed by atoms with Crippen LogP contribution in [0.3, 0.4) is 0 Å². The third-order valence-corrected chi connectivity index (χ3v) is 5.73. The smallest absolute Gasteiger partial charge is 0.160 e. The van der Waals surface area contributed by atoms with Crippen molar-refractivity contribution in [1.29, 1.82) is 0 Å². The van der Waals surface area contributed by atoms with Gasteiger partial charge < -0.3 is 9.88 Å². The van der Waals surface area contributed by atoms with Gasteiger partial charge in [-0.05, 0) is 12.3 Å². The van der Waals surface area contributed by atoms with E-state index in [0.29, 0.717) is 0 Å². The minimum Gasteiger partial charge on any atom is -0.329 e. The minimum atomic E-state index is 0.873. The Hall–Kier alpha value is -1.64. The molecule has 0 amide bonds. The van der Waals surface area contributed by atoms with Crippen LogP contribution in [-0.2, 0) is 31.8 Å². The second-order valence-electron chi connectivity index (χ2n) is 5.78. The summed E-state index contributed by atoms with van der Waals surface area (Å²) >= 11 is 3.56. The molecule has 0 saturated carbocycles. The summed E-state index contributed by atoms with van der Waals surface area (Å²) in [6.45, 7) is 3.65. The summed E-state index contributed by atoms with van der Waals surface area (Å²) in [5.74, 6) is 1.94. The first-order valence-corrected chi connectivity index (χ1v) is 10.3. The van der Waals surface area contributed by atoms with Crippen molar-refractivity contribution < 1.29 is 0 Å². The number of imidazole rings is 1. The Balaban J connectivity index is 1.49. The fraction of sp³-hybridized carbons (Fsp3) is 0.438. The van der Waals surface area contributed by atoms with Crippen LogP contribution in [0.15, 0.2) is 23.8 Å². The van der Waals surface area contributed by atoms with Gasteiger partial charge >= 0.3 is 0 Å². The average Bonchev–Trinajstić information content (AvgIpc) is 3.31. The monoisotopic (exact) mass is 360 g/mol. The SMILES string of the molecule is CSCc1nc(CCn2ccnc2-c2cc3n(n2)CCNC3)cs1. The lowest BCUT2D eigenvalue weighted by molar-refractivity contribution is 0.476. The van der Waals surface area contributed by atoms with Crippen LogP contribution in [0.5, 0.6) is 0 Å². The van der Waals surface area contributed by atoms with Crippen molar-refractivity contribution in [3.63, 3.8) is 0 Å². The first-order valence-electron chi connectivity index (χ1n) is 8.04. The van der Waals surface area contributed by atoms with E-state index in [2.05, 4.69) is 37.3 Å². The van der Waals surface area contributed by atoms with Crippen LogP contribution in [0.4, 0.5) is 0 Å². The third kappa shape index (κ3) is 3.26. The number of aryl methyl sites for hydroxylation is 2. The van der Waals surface area contributed by atoms with Crippen LogP contribution < -0.4 is 5.32 Å². The first kappa shape index (κ1) is 15.9. The normalized spacial score (nSPS) is 14.0.